The van der Waals surface area contributed by atoms with Crippen molar-refractivity contribution in [3.8, 4) is 0 Å². The fourth-order valence-corrected chi connectivity index (χ4v) is 8.87. The lowest BCUT2D eigenvalue weighted by atomic mass is 9.80. The number of anilines is 1. The first-order valence-electron chi connectivity index (χ1n) is 13.1. The molecule has 4 rings (SSSR count). The number of benzene rings is 2. The number of rotatable bonds is 10. The quantitative estimate of drug-likeness (QED) is 0.185. The molecule has 4 heteroatoms. The lowest BCUT2D eigenvalue weighted by molar-refractivity contribution is -0.107. The van der Waals surface area contributed by atoms with Gasteiger partial charge in [0.2, 0.25) is 0 Å². The van der Waals surface area contributed by atoms with Crippen molar-refractivity contribution in [1.29, 1.82) is 0 Å². The summed E-state index contributed by atoms with van der Waals surface area (Å²) in [4.78, 5) is 13.1. The Kier molecular flexibility index (Phi) is 8.62. The lowest BCUT2D eigenvalue weighted by Gasteiger charge is -2.38. The number of halogens is 1. The predicted molar refractivity (Wildman–Crippen MR) is 153 cm³/mol. The Bertz CT molecular complexity index is 1170. The van der Waals surface area contributed by atoms with Crippen molar-refractivity contribution >= 4 is 19.9 Å². The molecule has 1 fully saturated rings. The summed E-state index contributed by atoms with van der Waals surface area (Å²) in [7, 11) is 1.93. The smallest absolute Gasteiger partial charge is 0.123 e. The summed E-state index contributed by atoms with van der Waals surface area (Å²) in [5.74, 6) is -0.178. The van der Waals surface area contributed by atoms with E-state index < -0.39 is 0 Å². The molecular weight excluding hydrogens is 464 g/mol. The second-order valence-corrected chi connectivity index (χ2v) is 13.6. The zero-order valence-corrected chi connectivity index (χ0v) is 23.1. The third-order valence-electron chi connectivity index (χ3n) is 7.69. The van der Waals surface area contributed by atoms with Crippen molar-refractivity contribution in [2.75, 3.05) is 24.7 Å². The van der Waals surface area contributed by atoms with E-state index in [0.717, 1.165) is 38.3 Å². The van der Waals surface area contributed by atoms with Gasteiger partial charge in [-0.1, -0.05) is 68.5 Å². The maximum atomic E-state index is 13.5. The molecule has 2 aromatic rings. The number of nitrogens with zero attached hydrogens (tertiary/aromatic N) is 1. The molecule has 0 radical (unpaired) electrons. The normalized spacial score (nSPS) is 21.1. The summed E-state index contributed by atoms with van der Waals surface area (Å²) in [5.41, 5.74) is 9.67. The molecule has 2 atom stereocenters. The van der Waals surface area contributed by atoms with Gasteiger partial charge in [-0.05, 0) is 92.3 Å². The van der Waals surface area contributed by atoms with Crippen LogP contribution in [-0.2, 0) is 17.4 Å². The first kappa shape index (κ1) is 26.6. The van der Waals surface area contributed by atoms with Gasteiger partial charge in [0.1, 0.15) is 12.1 Å². The van der Waals surface area contributed by atoms with Crippen LogP contribution >= 0.6 is 7.92 Å². The highest BCUT2D eigenvalue weighted by Gasteiger charge is 2.44. The molecule has 1 saturated heterocycles. The van der Waals surface area contributed by atoms with Crippen LogP contribution in [0.25, 0.3) is 0 Å². The van der Waals surface area contributed by atoms with Crippen LogP contribution in [0.2, 0.25) is 0 Å². The van der Waals surface area contributed by atoms with Gasteiger partial charge in [0, 0.05) is 30.9 Å². The zero-order chi connectivity index (χ0) is 25.7. The summed E-state index contributed by atoms with van der Waals surface area (Å²) in [6.45, 7) is 7.76. The molecule has 190 valence electrons. The zero-order valence-electron chi connectivity index (χ0n) is 22.2. The van der Waals surface area contributed by atoms with Crippen molar-refractivity contribution in [3.05, 3.63) is 99.9 Å². The topological polar surface area (TPSA) is 20.3 Å². The fourth-order valence-electron chi connectivity index (χ4n) is 5.70. The Hall–Kier alpha value is -2.51. The van der Waals surface area contributed by atoms with Gasteiger partial charge in [0.15, 0.2) is 0 Å². The molecule has 2 aliphatic rings. The SMILES string of the molecule is CC(C)=CC1=C(Cc2ccc(F)cc2)C=C2CCP(Cc3ccccc3N(C)CCCC=O)C2(C)C1. The highest BCUT2D eigenvalue weighted by molar-refractivity contribution is 7.59. The molecule has 0 N–H and O–H groups in total. The monoisotopic (exact) mass is 503 g/mol. The molecule has 0 spiro atoms. The van der Waals surface area contributed by atoms with Gasteiger partial charge in [-0.2, -0.15) is 0 Å². The van der Waals surface area contributed by atoms with E-state index in [1.807, 2.05) is 12.1 Å². The molecule has 0 bridgehead atoms. The van der Waals surface area contributed by atoms with Crippen LogP contribution in [0.15, 0.2) is 83.0 Å². The number of para-hydroxylation sites is 1. The fraction of sp³-hybridized carbons (Fsp3) is 0.406. The molecule has 1 heterocycles. The minimum absolute atomic E-state index is 0.178. The third kappa shape index (κ3) is 6.06. The van der Waals surface area contributed by atoms with Crippen molar-refractivity contribution in [1.82, 2.24) is 0 Å². The van der Waals surface area contributed by atoms with Crippen molar-refractivity contribution in [2.45, 2.75) is 64.2 Å². The van der Waals surface area contributed by atoms with E-state index in [1.54, 1.807) is 17.7 Å². The Morgan fingerprint density at radius 3 is 2.61 bits per heavy atom. The first-order chi connectivity index (χ1) is 17.3. The maximum Gasteiger partial charge on any atom is 0.123 e. The largest absolute Gasteiger partial charge is 0.374 e. The minimum Gasteiger partial charge on any atom is -0.374 e. The number of hydrogen-bond donors (Lipinski definition) is 0. The van der Waals surface area contributed by atoms with E-state index in [-0.39, 0.29) is 18.9 Å². The van der Waals surface area contributed by atoms with Crippen molar-refractivity contribution in [2.24, 2.45) is 0 Å². The number of allylic oxidation sites excluding steroid dienone is 6. The predicted octanol–water partition coefficient (Wildman–Crippen LogP) is 8.22. The lowest BCUT2D eigenvalue weighted by Crippen LogP contribution is -2.26. The summed E-state index contributed by atoms with van der Waals surface area (Å²) in [6, 6.07) is 15.8. The number of carbonyl (C=O) groups excluding carboxylic acids is 1. The van der Waals surface area contributed by atoms with E-state index in [1.165, 1.54) is 46.1 Å². The van der Waals surface area contributed by atoms with Crippen LogP contribution in [0, 0.1) is 5.82 Å². The second kappa shape index (κ2) is 11.7. The molecule has 0 saturated carbocycles. The van der Waals surface area contributed by atoms with Gasteiger partial charge in [0.25, 0.3) is 0 Å². The molecule has 2 unspecified atom stereocenters. The van der Waals surface area contributed by atoms with Gasteiger partial charge in [-0.3, -0.25) is 0 Å². The van der Waals surface area contributed by atoms with Crippen LogP contribution < -0.4 is 4.90 Å². The van der Waals surface area contributed by atoms with E-state index in [0.29, 0.717) is 6.42 Å². The summed E-state index contributed by atoms with van der Waals surface area (Å²) < 4.78 is 13.5. The molecule has 0 aromatic heterocycles. The van der Waals surface area contributed by atoms with E-state index in [2.05, 4.69) is 69.1 Å². The molecule has 0 amide bonds. The van der Waals surface area contributed by atoms with Crippen molar-refractivity contribution < 1.29 is 9.18 Å². The number of aldehydes is 1. The van der Waals surface area contributed by atoms with Crippen LogP contribution in [0.1, 0.15) is 57.6 Å². The van der Waals surface area contributed by atoms with Gasteiger partial charge < -0.3 is 9.69 Å². The van der Waals surface area contributed by atoms with Gasteiger partial charge in [0.05, 0.1) is 0 Å². The third-order valence-corrected chi connectivity index (χ3v) is 11.0. The number of hydrogen-bond acceptors (Lipinski definition) is 2. The number of fused-ring (bicyclic) bond motifs is 1. The number of carbonyl (C=O) groups is 1. The second-order valence-electron chi connectivity index (χ2n) is 10.7. The Balaban J connectivity index is 1.58. The average molecular weight is 504 g/mol. The molecule has 2 aromatic carbocycles. The summed E-state index contributed by atoms with van der Waals surface area (Å²) >= 11 is 0. The van der Waals surface area contributed by atoms with Gasteiger partial charge >= 0.3 is 0 Å². The maximum absolute atomic E-state index is 13.5. The highest BCUT2D eigenvalue weighted by atomic mass is 31.1. The minimum atomic E-state index is -0.216. The summed E-state index contributed by atoms with van der Waals surface area (Å²) in [6.07, 6.45) is 12.9. The van der Waals surface area contributed by atoms with Crippen molar-refractivity contribution in [3.63, 3.8) is 0 Å². The van der Waals surface area contributed by atoms with E-state index >= 15 is 0 Å². The Morgan fingerprint density at radius 1 is 1.14 bits per heavy atom. The van der Waals surface area contributed by atoms with Crippen LogP contribution in [0.5, 0.6) is 0 Å². The Morgan fingerprint density at radius 2 is 1.89 bits per heavy atom. The molecule has 2 nitrogen and oxygen atoms in total. The van der Waals surface area contributed by atoms with Crippen LogP contribution in [0.4, 0.5) is 10.1 Å². The van der Waals surface area contributed by atoms with E-state index in [4.69, 9.17) is 0 Å². The molecule has 36 heavy (non-hydrogen) atoms. The first-order valence-corrected chi connectivity index (χ1v) is 14.8. The molecule has 1 aliphatic carbocycles. The standard InChI is InChI=1S/C32H39FNOP/c1-24(2)19-28-22-32(3)29(21-27(28)20-25-11-13-30(33)14-12-25)15-18-36(32)23-26-9-5-6-10-31(26)34(4)16-7-8-17-35/h5-6,9-14,17,19,21H,7-8,15-16,18,20,22-23H2,1-4H3. The molecule has 1 aliphatic heterocycles. The number of unbranched alkanes of at least 4 members (excludes halogenated alkanes) is 1. The van der Waals surface area contributed by atoms with Crippen LogP contribution in [-0.4, -0.2) is 31.2 Å². The van der Waals surface area contributed by atoms with E-state index in [9.17, 15) is 9.18 Å². The molecular formula is C32H39FNOP. The summed E-state index contributed by atoms with van der Waals surface area (Å²) in [5, 5.41) is 0.214. The van der Waals surface area contributed by atoms with Crippen LogP contribution in [0.3, 0.4) is 0 Å². The Labute approximate surface area is 217 Å². The average Bonchev–Trinajstić information content (AvgIpc) is 3.15. The highest BCUT2D eigenvalue weighted by Crippen LogP contribution is 2.66. The van der Waals surface area contributed by atoms with Gasteiger partial charge in [-0.25, -0.2) is 4.39 Å². The van der Waals surface area contributed by atoms with Gasteiger partial charge in [-0.15, -0.1) is 0 Å².